The zero-order chi connectivity index (χ0) is 14.1. The Balaban J connectivity index is 2.32. The number of H-pyrrole nitrogens is 1. The number of fused-ring (bicyclic) bond motifs is 1. The third-order valence-corrected chi connectivity index (χ3v) is 3.37. The van der Waals surface area contributed by atoms with Gasteiger partial charge in [0.25, 0.3) is 0 Å². The largest absolute Gasteiger partial charge is 0.399 e. The summed E-state index contributed by atoms with van der Waals surface area (Å²) < 4.78 is 0. The molecule has 2 aromatic carbocycles. The van der Waals surface area contributed by atoms with E-state index < -0.39 is 0 Å². The maximum Gasteiger partial charge on any atom is 0.0701 e. The van der Waals surface area contributed by atoms with Gasteiger partial charge in [-0.3, -0.25) is 0 Å². The summed E-state index contributed by atoms with van der Waals surface area (Å²) in [5, 5.41) is 4.41. The van der Waals surface area contributed by atoms with E-state index in [2.05, 4.69) is 29.4 Å². The fourth-order valence-electron chi connectivity index (χ4n) is 2.56. The monoisotopic (exact) mass is 266 g/mol. The number of aromatic amines is 1. The lowest BCUT2D eigenvalue weighted by Gasteiger charge is -2.07. The van der Waals surface area contributed by atoms with Crippen molar-refractivity contribution in [2.45, 2.75) is 6.92 Å². The molecule has 20 heavy (non-hydrogen) atoms. The maximum absolute atomic E-state index is 6.14. The van der Waals surface area contributed by atoms with Gasteiger partial charge in [-0.1, -0.05) is 30.3 Å². The molecule has 4 heteroatoms. The number of nitrogens with one attached hydrogen (secondary N) is 2. The fourth-order valence-corrected chi connectivity index (χ4v) is 2.56. The minimum absolute atomic E-state index is 0.666. The predicted octanol–water partition coefficient (Wildman–Crippen LogP) is 3.43. The highest BCUT2D eigenvalue weighted by atomic mass is 14.9. The van der Waals surface area contributed by atoms with Crippen molar-refractivity contribution >= 4 is 28.0 Å². The van der Waals surface area contributed by atoms with Gasteiger partial charge in [0.2, 0.25) is 0 Å². The highest BCUT2D eigenvalue weighted by Crippen LogP contribution is 2.38. The van der Waals surface area contributed by atoms with Gasteiger partial charge < -0.3 is 21.8 Å². The molecular weight excluding hydrogens is 248 g/mol. The second-order valence-electron chi connectivity index (χ2n) is 4.80. The van der Waals surface area contributed by atoms with Gasteiger partial charge >= 0.3 is 0 Å². The molecule has 0 fully saturated rings. The Labute approximate surface area is 117 Å². The van der Waals surface area contributed by atoms with Crippen LogP contribution in [0.3, 0.4) is 0 Å². The van der Waals surface area contributed by atoms with Crippen molar-refractivity contribution in [3.8, 4) is 11.3 Å². The van der Waals surface area contributed by atoms with Gasteiger partial charge in [-0.2, -0.15) is 0 Å². The predicted molar refractivity (Wildman–Crippen MR) is 86.7 cm³/mol. The number of anilines is 3. The lowest BCUT2D eigenvalue weighted by molar-refractivity contribution is 1.22. The van der Waals surface area contributed by atoms with Crippen LogP contribution in [0, 0.1) is 0 Å². The highest BCUT2D eigenvalue weighted by molar-refractivity contribution is 6.08. The van der Waals surface area contributed by atoms with Crippen LogP contribution in [0.15, 0.2) is 42.5 Å². The second-order valence-corrected chi connectivity index (χ2v) is 4.80. The molecule has 0 amide bonds. The highest BCUT2D eigenvalue weighted by Gasteiger charge is 2.15. The molecule has 3 aromatic rings. The molecule has 0 saturated carbocycles. The van der Waals surface area contributed by atoms with Crippen molar-refractivity contribution in [3.63, 3.8) is 0 Å². The summed E-state index contributed by atoms with van der Waals surface area (Å²) in [6.45, 7) is 2.90. The molecule has 0 saturated heterocycles. The summed E-state index contributed by atoms with van der Waals surface area (Å²) in [7, 11) is 0. The first kappa shape index (κ1) is 12.4. The molecule has 3 rings (SSSR count). The SMILES string of the molecule is CCNc1c(-c2ccccc2)[nH]c2cc(N)cc(N)c12. The average Bonchev–Trinajstić information content (AvgIpc) is 2.79. The van der Waals surface area contributed by atoms with Crippen molar-refractivity contribution in [2.75, 3.05) is 23.3 Å². The molecule has 0 atom stereocenters. The summed E-state index contributed by atoms with van der Waals surface area (Å²) in [6.07, 6.45) is 0. The molecule has 4 nitrogen and oxygen atoms in total. The van der Waals surface area contributed by atoms with Gasteiger partial charge in [0.1, 0.15) is 0 Å². The normalized spacial score (nSPS) is 10.8. The van der Waals surface area contributed by atoms with Crippen LogP contribution >= 0.6 is 0 Å². The topological polar surface area (TPSA) is 79.9 Å². The number of benzene rings is 2. The van der Waals surface area contributed by atoms with E-state index in [9.17, 15) is 0 Å². The Bertz CT molecular complexity index is 744. The van der Waals surface area contributed by atoms with Gasteiger partial charge in [-0.05, 0) is 19.1 Å². The maximum atomic E-state index is 6.14. The van der Waals surface area contributed by atoms with Gasteiger partial charge in [0.05, 0.1) is 16.9 Å². The van der Waals surface area contributed by atoms with E-state index in [4.69, 9.17) is 11.5 Å². The zero-order valence-electron chi connectivity index (χ0n) is 11.4. The molecule has 0 aliphatic carbocycles. The van der Waals surface area contributed by atoms with E-state index in [0.29, 0.717) is 11.4 Å². The standard InChI is InChI=1S/C16H18N4/c1-2-19-16-14-12(18)8-11(17)9-13(14)20-15(16)10-6-4-3-5-7-10/h3-9,19-20H,2,17-18H2,1H3. The van der Waals surface area contributed by atoms with Gasteiger partial charge in [0.15, 0.2) is 0 Å². The molecule has 0 spiro atoms. The van der Waals surface area contributed by atoms with Crippen LogP contribution in [0.25, 0.3) is 22.2 Å². The molecule has 0 unspecified atom stereocenters. The summed E-state index contributed by atoms with van der Waals surface area (Å²) >= 11 is 0. The van der Waals surface area contributed by atoms with E-state index >= 15 is 0 Å². The zero-order valence-corrected chi connectivity index (χ0v) is 11.4. The summed E-state index contributed by atoms with van der Waals surface area (Å²) in [6, 6.07) is 13.9. The van der Waals surface area contributed by atoms with Crippen LogP contribution in [0.5, 0.6) is 0 Å². The van der Waals surface area contributed by atoms with E-state index in [1.54, 1.807) is 6.07 Å². The second kappa shape index (κ2) is 4.81. The Morgan fingerprint density at radius 1 is 1.10 bits per heavy atom. The molecule has 0 aliphatic rings. The van der Waals surface area contributed by atoms with Gasteiger partial charge in [0, 0.05) is 28.9 Å². The smallest absolute Gasteiger partial charge is 0.0701 e. The van der Waals surface area contributed by atoms with Crippen molar-refractivity contribution in [3.05, 3.63) is 42.5 Å². The number of aromatic nitrogens is 1. The Kier molecular flexibility index (Phi) is 2.99. The molecule has 0 aliphatic heterocycles. The van der Waals surface area contributed by atoms with E-state index in [1.807, 2.05) is 24.3 Å². The summed E-state index contributed by atoms with van der Waals surface area (Å²) in [4.78, 5) is 3.42. The van der Waals surface area contributed by atoms with Crippen LogP contribution < -0.4 is 16.8 Å². The molecular formula is C16H18N4. The summed E-state index contributed by atoms with van der Waals surface area (Å²) in [5.41, 5.74) is 17.5. The van der Waals surface area contributed by atoms with Gasteiger partial charge in [-0.15, -0.1) is 0 Å². The number of nitrogens with two attached hydrogens (primary N) is 2. The molecule has 0 radical (unpaired) electrons. The van der Waals surface area contributed by atoms with Crippen LogP contribution in [-0.2, 0) is 0 Å². The fraction of sp³-hybridized carbons (Fsp3) is 0.125. The van der Waals surface area contributed by atoms with E-state index in [1.165, 1.54) is 0 Å². The van der Waals surface area contributed by atoms with Crippen LogP contribution in [-0.4, -0.2) is 11.5 Å². The lowest BCUT2D eigenvalue weighted by Crippen LogP contribution is -1.99. The van der Waals surface area contributed by atoms with Gasteiger partial charge in [-0.25, -0.2) is 0 Å². The average molecular weight is 266 g/mol. The number of hydrogen-bond donors (Lipinski definition) is 4. The van der Waals surface area contributed by atoms with Crippen molar-refractivity contribution in [1.82, 2.24) is 4.98 Å². The number of nitrogen functional groups attached to an aromatic ring is 2. The van der Waals surface area contributed by atoms with E-state index in [-0.39, 0.29) is 0 Å². The summed E-state index contributed by atoms with van der Waals surface area (Å²) in [5.74, 6) is 0. The van der Waals surface area contributed by atoms with Crippen molar-refractivity contribution in [2.24, 2.45) is 0 Å². The first-order chi connectivity index (χ1) is 9.70. The number of hydrogen-bond acceptors (Lipinski definition) is 3. The minimum Gasteiger partial charge on any atom is -0.399 e. The van der Waals surface area contributed by atoms with Crippen molar-refractivity contribution < 1.29 is 0 Å². The van der Waals surface area contributed by atoms with Crippen LogP contribution in [0.4, 0.5) is 17.1 Å². The third kappa shape index (κ3) is 1.95. The molecule has 6 N–H and O–H groups in total. The minimum atomic E-state index is 0.666. The number of rotatable bonds is 3. The molecule has 1 aromatic heterocycles. The Morgan fingerprint density at radius 2 is 1.85 bits per heavy atom. The van der Waals surface area contributed by atoms with E-state index in [0.717, 1.165) is 34.4 Å². The first-order valence-corrected chi connectivity index (χ1v) is 6.70. The molecule has 1 heterocycles. The Hall–Kier alpha value is -2.62. The lowest BCUT2D eigenvalue weighted by atomic mass is 10.1. The Morgan fingerprint density at radius 3 is 2.55 bits per heavy atom. The van der Waals surface area contributed by atoms with Crippen LogP contribution in [0.1, 0.15) is 6.92 Å². The quantitative estimate of drug-likeness (QED) is 0.548. The van der Waals surface area contributed by atoms with Crippen LogP contribution in [0.2, 0.25) is 0 Å². The molecule has 102 valence electrons. The third-order valence-electron chi connectivity index (χ3n) is 3.37. The molecule has 0 bridgehead atoms. The van der Waals surface area contributed by atoms with Crippen molar-refractivity contribution in [1.29, 1.82) is 0 Å². The first-order valence-electron chi connectivity index (χ1n) is 6.70.